The van der Waals surface area contributed by atoms with Gasteiger partial charge >= 0.3 is 0 Å². The standard InChI is InChI=1S/C16H22FN3O/c1-12-16(13(2)20(18-12)8-9-21)11-19(3)10-14-4-6-15(17)7-5-14/h4-7,21H,8-11H2,1-3H3. The van der Waals surface area contributed by atoms with Crippen molar-refractivity contribution in [2.75, 3.05) is 13.7 Å². The molecule has 0 radical (unpaired) electrons. The zero-order chi connectivity index (χ0) is 15.4. The van der Waals surface area contributed by atoms with Crippen LogP contribution in [-0.4, -0.2) is 33.4 Å². The molecule has 114 valence electrons. The Morgan fingerprint density at radius 1 is 1.19 bits per heavy atom. The normalized spacial score (nSPS) is 11.3. The van der Waals surface area contributed by atoms with Gasteiger partial charge in [0.15, 0.2) is 0 Å². The highest BCUT2D eigenvalue weighted by molar-refractivity contribution is 5.24. The number of benzene rings is 1. The van der Waals surface area contributed by atoms with Gasteiger partial charge in [-0.15, -0.1) is 0 Å². The predicted octanol–water partition coefficient (Wildman–Crippen LogP) is 2.26. The van der Waals surface area contributed by atoms with Crippen molar-refractivity contribution in [2.24, 2.45) is 0 Å². The first-order valence-corrected chi connectivity index (χ1v) is 7.08. The fourth-order valence-electron chi connectivity index (χ4n) is 2.50. The summed E-state index contributed by atoms with van der Waals surface area (Å²) in [5.74, 6) is -0.210. The molecule has 1 aromatic heterocycles. The van der Waals surface area contributed by atoms with E-state index in [1.165, 1.54) is 17.7 Å². The number of aliphatic hydroxyl groups excluding tert-OH is 1. The summed E-state index contributed by atoms with van der Waals surface area (Å²) in [7, 11) is 2.03. The van der Waals surface area contributed by atoms with Gasteiger partial charge in [0, 0.05) is 24.3 Å². The minimum atomic E-state index is -0.210. The summed E-state index contributed by atoms with van der Waals surface area (Å²) >= 11 is 0. The molecule has 2 rings (SSSR count). The van der Waals surface area contributed by atoms with Crippen LogP contribution in [0.15, 0.2) is 24.3 Å². The van der Waals surface area contributed by atoms with E-state index in [2.05, 4.69) is 10.00 Å². The summed E-state index contributed by atoms with van der Waals surface area (Å²) in [6.07, 6.45) is 0. The third-order valence-corrected chi connectivity index (χ3v) is 3.64. The predicted molar refractivity (Wildman–Crippen MR) is 80.4 cm³/mol. The summed E-state index contributed by atoms with van der Waals surface area (Å²) in [5.41, 5.74) is 4.35. The fraction of sp³-hybridized carbons (Fsp3) is 0.438. The number of aryl methyl sites for hydroxylation is 1. The maximum atomic E-state index is 12.9. The zero-order valence-electron chi connectivity index (χ0n) is 12.8. The first-order valence-electron chi connectivity index (χ1n) is 7.08. The highest BCUT2D eigenvalue weighted by atomic mass is 19.1. The van der Waals surface area contributed by atoms with Crippen LogP contribution in [0.3, 0.4) is 0 Å². The second-order valence-electron chi connectivity index (χ2n) is 5.39. The van der Waals surface area contributed by atoms with Crippen LogP contribution in [-0.2, 0) is 19.6 Å². The molecule has 1 N–H and O–H groups in total. The number of aliphatic hydroxyl groups is 1. The molecule has 0 saturated heterocycles. The van der Waals surface area contributed by atoms with Crippen molar-refractivity contribution in [3.05, 3.63) is 52.6 Å². The van der Waals surface area contributed by atoms with E-state index in [1.54, 1.807) is 12.1 Å². The van der Waals surface area contributed by atoms with Gasteiger partial charge in [0.25, 0.3) is 0 Å². The lowest BCUT2D eigenvalue weighted by Gasteiger charge is -2.17. The van der Waals surface area contributed by atoms with Gasteiger partial charge in [-0.25, -0.2) is 4.39 Å². The molecular weight excluding hydrogens is 269 g/mol. The van der Waals surface area contributed by atoms with Crippen LogP contribution in [0.25, 0.3) is 0 Å². The smallest absolute Gasteiger partial charge is 0.123 e. The van der Waals surface area contributed by atoms with Gasteiger partial charge in [-0.05, 0) is 38.6 Å². The lowest BCUT2D eigenvalue weighted by atomic mass is 10.1. The average molecular weight is 291 g/mol. The van der Waals surface area contributed by atoms with E-state index >= 15 is 0 Å². The number of aromatic nitrogens is 2. The van der Waals surface area contributed by atoms with Crippen LogP contribution < -0.4 is 0 Å². The van der Waals surface area contributed by atoms with Crippen LogP contribution in [0.1, 0.15) is 22.5 Å². The molecule has 0 fully saturated rings. The molecule has 0 amide bonds. The maximum absolute atomic E-state index is 12.9. The molecule has 21 heavy (non-hydrogen) atoms. The molecule has 0 spiro atoms. The molecule has 1 aromatic carbocycles. The third-order valence-electron chi connectivity index (χ3n) is 3.64. The van der Waals surface area contributed by atoms with Crippen LogP contribution in [0, 0.1) is 19.7 Å². The van der Waals surface area contributed by atoms with E-state index < -0.39 is 0 Å². The van der Waals surface area contributed by atoms with Gasteiger partial charge in [0.2, 0.25) is 0 Å². The van der Waals surface area contributed by atoms with Crippen molar-refractivity contribution >= 4 is 0 Å². The first kappa shape index (κ1) is 15.7. The maximum Gasteiger partial charge on any atom is 0.123 e. The Labute approximate surface area is 124 Å². The lowest BCUT2D eigenvalue weighted by molar-refractivity contribution is 0.267. The van der Waals surface area contributed by atoms with Crippen molar-refractivity contribution in [2.45, 2.75) is 33.5 Å². The monoisotopic (exact) mass is 291 g/mol. The quantitative estimate of drug-likeness (QED) is 0.887. The highest BCUT2D eigenvalue weighted by Gasteiger charge is 2.13. The van der Waals surface area contributed by atoms with E-state index in [-0.39, 0.29) is 12.4 Å². The average Bonchev–Trinajstić information content (AvgIpc) is 2.70. The molecular formula is C16H22FN3O. The van der Waals surface area contributed by atoms with E-state index in [9.17, 15) is 4.39 Å². The Morgan fingerprint density at radius 3 is 2.48 bits per heavy atom. The molecule has 0 aliphatic rings. The largest absolute Gasteiger partial charge is 0.394 e. The van der Waals surface area contributed by atoms with Crippen molar-refractivity contribution in [3.63, 3.8) is 0 Å². The summed E-state index contributed by atoms with van der Waals surface area (Å²) < 4.78 is 14.8. The topological polar surface area (TPSA) is 41.3 Å². The Morgan fingerprint density at radius 2 is 1.86 bits per heavy atom. The molecule has 0 aliphatic carbocycles. The Kier molecular flexibility index (Phi) is 5.09. The first-order chi connectivity index (χ1) is 10.0. The molecule has 0 unspecified atom stereocenters. The number of hydrogen-bond acceptors (Lipinski definition) is 3. The van der Waals surface area contributed by atoms with Crippen LogP contribution in [0.2, 0.25) is 0 Å². The van der Waals surface area contributed by atoms with Gasteiger partial charge in [-0.1, -0.05) is 12.1 Å². The second-order valence-corrected chi connectivity index (χ2v) is 5.39. The SMILES string of the molecule is Cc1nn(CCO)c(C)c1CN(C)Cc1ccc(F)cc1. The molecule has 0 saturated carbocycles. The zero-order valence-corrected chi connectivity index (χ0v) is 12.8. The summed E-state index contributed by atoms with van der Waals surface area (Å²) in [6, 6.07) is 6.58. The van der Waals surface area contributed by atoms with E-state index in [0.717, 1.165) is 30.0 Å². The molecule has 0 atom stereocenters. The van der Waals surface area contributed by atoms with Gasteiger partial charge in [-0.2, -0.15) is 5.10 Å². The third kappa shape index (κ3) is 3.89. The van der Waals surface area contributed by atoms with Crippen molar-refractivity contribution in [1.29, 1.82) is 0 Å². The minimum Gasteiger partial charge on any atom is -0.394 e. The molecule has 5 heteroatoms. The fourth-order valence-corrected chi connectivity index (χ4v) is 2.50. The minimum absolute atomic E-state index is 0.0901. The van der Waals surface area contributed by atoms with Crippen LogP contribution in [0.4, 0.5) is 4.39 Å². The molecule has 4 nitrogen and oxygen atoms in total. The van der Waals surface area contributed by atoms with Crippen molar-refractivity contribution < 1.29 is 9.50 Å². The molecule has 0 aliphatic heterocycles. The highest BCUT2D eigenvalue weighted by Crippen LogP contribution is 2.16. The van der Waals surface area contributed by atoms with Crippen LogP contribution >= 0.6 is 0 Å². The van der Waals surface area contributed by atoms with Gasteiger partial charge in [0.1, 0.15) is 5.82 Å². The molecule has 1 heterocycles. The van der Waals surface area contributed by atoms with Crippen molar-refractivity contribution in [1.82, 2.24) is 14.7 Å². The number of nitrogens with zero attached hydrogens (tertiary/aromatic N) is 3. The van der Waals surface area contributed by atoms with Gasteiger partial charge in [-0.3, -0.25) is 9.58 Å². The summed E-state index contributed by atoms with van der Waals surface area (Å²) in [6.45, 7) is 6.16. The molecule has 0 bridgehead atoms. The van der Waals surface area contributed by atoms with E-state index in [4.69, 9.17) is 5.11 Å². The summed E-state index contributed by atoms with van der Waals surface area (Å²) in [5, 5.41) is 13.5. The molecule has 2 aromatic rings. The number of rotatable bonds is 6. The Bertz CT molecular complexity index is 592. The van der Waals surface area contributed by atoms with Crippen molar-refractivity contribution in [3.8, 4) is 0 Å². The lowest BCUT2D eigenvalue weighted by Crippen LogP contribution is -2.18. The number of halogens is 1. The van der Waals surface area contributed by atoms with Crippen LogP contribution in [0.5, 0.6) is 0 Å². The summed E-state index contributed by atoms with van der Waals surface area (Å²) in [4.78, 5) is 2.17. The van der Waals surface area contributed by atoms with E-state index in [1.807, 2.05) is 25.6 Å². The Hall–Kier alpha value is -1.72. The second kappa shape index (κ2) is 6.83. The van der Waals surface area contributed by atoms with Gasteiger partial charge < -0.3 is 5.11 Å². The van der Waals surface area contributed by atoms with E-state index in [0.29, 0.717) is 6.54 Å². The van der Waals surface area contributed by atoms with Gasteiger partial charge in [0.05, 0.1) is 18.8 Å². The Balaban J connectivity index is 2.05. The number of hydrogen-bond donors (Lipinski definition) is 1.